The largest absolute Gasteiger partial charge is 0.324 e. The normalized spacial score (nSPS) is 15.8. The number of hydrogen-bond acceptors (Lipinski definition) is 3. The Kier molecular flexibility index (Phi) is 4.98. The number of rotatable bonds is 3. The highest BCUT2D eigenvalue weighted by Crippen LogP contribution is 2.17. The van der Waals surface area contributed by atoms with Crippen LogP contribution in [0.4, 0.5) is 5.95 Å². The van der Waals surface area contributed by atoms with E-state index in [4.69, 9.17) is 0 Å². The Labute approximate surface area is 124 Å². The third-order valence-electron chi connectivity index (χ3n) is 3.58. The first-order chi connectivity index (χ1) is 9.31. The summed E-state index contributed by atoms with van der Waals surface area (Å²) >= 11 is 0. The van der Waals surface area contributed by atoms with Gasteiger partial charge in [0.15, 0.2) is 0 Å². The second-order valence-corrected chi connectivity index (χ2v) is 5.05. The lowest BCUT2D eigenvalue weighted by molar-refractivity contribution is -0.117. The van der Waals surface area contributed by atoms with Gasteiger partial charge in [0.2, 0.25) is 11.9 Å². The van der Waals surface area contributed by atoms with Gasteiger partial charge in [-0.15, -0.1) is 12.4 Å². The molecule has 0 bridgehead atoms. The predicted octanol–water partition coefficient (Wildman–Crippen LogP) is 2.31. The highest BCUT2D eigenvalue weighted by atomic mass is 35.5. The van der Waals surface area contributed by atoms with Crippen molar-refractivity contribution in [3.8, 4) is 0 Å². The molecule has 1 aromatic carbocycles. The number of nitrogens with one attached hydrogen (secondary N) is 3. The molecule has 2 aromatic rings. The number of halogens is 1. The maximum absolute atomic E-state index is 12.0. The van der Waals surface area contributed by atoms with Gasteiger partial charge in [-0.2, -0.15) is 0 Å². The number of H-pyrrole nitrogens is 1. The summed E-state index contributed by atoms with van der Waals surface area (Å²) in [7, 11) is 0. The molecule has 0 radical (unpaired) electrons. The minimum absolute atomic E-state index is 0. The molecule has 20 heavy (non-hydrogen) atoms. The summed E-state index contributed by atoms with van der Waals surface area (Å²) in [6, 6.07) is 7.75. The predicted molar refractivity (Wildman–Crippen MR) is 82.2 cm³/mol. The average Bonchev–Trinajstić information content (AvgIpc) is 2.81. The van der Waals surface area contributed by atoms with Crippen LogP contribution in [-0.4, -0.2) is 29.0 Å². The summed E-state index contributed by atoms with van der Waals surface area (Å²) in [6.45, 7) is 2.03. The molecule has 3 rings (SSSR count). The molecule has 1 saturated heterocycles. The molecule has 0 spiro atoms. The SMILES string of the molecule is Cl.O=C(CC1CCNCC1)Nc1nc2ccccc2[nH]1. The third-order valence-corrected chi connectivity index (χ3v) is 3.58. The summed E-state index contributed by atoms with van der Waals surface area (Å²) in [4.78, 5) is 19.4. The van der Waals surface area contributed by atoms with Crippen LogP contribution in [0.5, 0.6) is 0 Å². The Morgan fingerprint density at radius 3 is 2.80 bits per heavy atom. The van der Waals surface area contributed by atoms with E-state index in [1.807, 2.05) is 24.3 Å². The van der Waals surface area contributed by atoms with Crippen molar-refractivity contribution >= 4 is 35.3 Å². The van der Waals surface area contributed by atoms with Crippen molar-refractivity contribution in [2.75, 3.05) is 18.4 Å². The van der Waals surface area contributed by atoms with E-state index >= 15 is 0 Å². The zero-order valence-corrected chi connectivity index (χ0v) is 12.0. The molecule has 5 nitrogen and oxygen atoms in total. The van der Waals surface area contributed by atoms with Gasteiger partial charge in [-0.1, -0.05) is 12.1 Å². The van der Waals surface area contributed by atoms with Crippen LogP contribution >= 0.6 is 12.4 Å². The van der Waals surface area contributed by atoms with E-state index < -0.39 is 0 Å². The monoisotopic (exact) mass is 294 g/mol. The van der Waals surface area contributed by atoms with Gasteiger partial charge in [-0.3, -0.25) is 10.1 Å². The Bertz CT molecular complexity index is 544. The van der Waals surface area contributed by atoms with E-state index in [1.165, 1.54) is 0 Å². The summed E-state index contributed by atoms with van der Waals surface area (Å²) in [6.07, 6.45) is 2.74. The molecule has 108 valence electrons. The number of para-hydroxylation sites is 2. The van der Waals surface area contributed by atoms with Crippen LogP contribution in [-0.2, 0) is 4.79 Å². The maximum atomic E-state index is 12.0. The van der Waals surface area contributed by atoms with E-state index in [1.54, 1.807) is 0 Å². The number of benzene rings is 1. The molecule has 1 aromatic heterocycles. The van der Waals surface area contributed by atoms with E-state index in [9.17, 15) is 4.79 Å². The van der Waals surface area contributed by atoms with Crippen molar-refractivity contribution in [2.45, 2.75) is 19.3 Å². The second kappa shape index (κ2) is 6.72. The van der Waals surface area contributed by atoms with Gasteiger partial charge in [-0.05, 0) is 44.0 Å². The molecule has 2 heterocycles. The number of amides is 1. The molecule has 0 atom stereocenters. The lowest BCUT2D eigenvalue weighted by Crippen LogP contribution is -2.30. The van der Waals surface area contributed by atoms with Crippen molar-refractivity contribution in [1.82, 2.24) is 15.3 Å². The van der Waals surface area contributed by atoms with Crippen molar-refractivity contribution in [2.24, 2.45) is 5.92 Å². The Morgan fingerprint density at radius 2 is 2.05 bits per heavy atom. The molecule has 6 heteroatoms. The van der Waals surface area contributed by atoms with E-state index in [0.29, 0.717) is 18.3 Å². The molecule has 1 amide bonds. The number of carbonyl (C=O) groups is 1. The Hall–Kier alpha value is -1.59. The zero-order valence-electron chi connectivity index (χ0n) is 11.2. The van der Waals surface area contributed by atoms with Crippen molar-refractivity contribution in [3.05, 3.63) is 24.3 Å². The molecule has 1 aliphatic heterocycles. The fourth-order valence-corrected chi connectivity index (χ4v) is 2.54. The van der Waals surface area contributed by atoms with Gasteiger partial charge >= 0.3 is 0 Å². The van der Waals surface area contributed by atoms with Gasteiger partial charge in [0, 0.05) is 6.42 Å². The fourth-order valence-electron chi connectivity index (χ4n) is 2.54. The Balaban J connectivity index is 0.00000147. The zero-order chi connectivity index (χ0) is 13.1. The highest BCUT2D eigenvalue weighted by Gasteiger charge is 2.17. The number of anilines is 1. The molecule has 0 unspecified atom stereocenters. The van der Waals surface area contributed by atoms with Crippen LogP contribution < -0.4 is 10.6 Å². The van der Waals surface area contributed by atoms with Gasteiger partial charge < -0.3 is 10.3 Å². The van der Waals surface area contributed by atoms with Crippen LogP contribution in [0.25, 0.3) is 11.0 Å². The first kappa shape index (κ1) is 14.8. The number of piperidine rings is 1. The van der Waals surface area contributed by atoms with Gasteiger partial charge in [-0.25, -0.2) is 4.98 Å². The van der Waals surface area contributed by atoms with Crippen LogP contribution in [0.15, 0.2) is 24.3 Å². The standard InChI is InChI=1S/C14H18N4O.ClH/c19-13(9-10-5-7-15-8-6-10)18-14-16-11-3-1-2-4-12(11)17-14;/h1-4,10,15H,5-9H2,(H2,16,17,18,19);1H. The number of nitrogens with zero attached hydrogens (tertiary/aromatic N) is 1. The van der Waals surface area contributed by atoms with Crippen LogP contribution in [0.1, 0.15) is 19.3 Å². The maximum Gasteiger partial charge on any atom is 0.226 e. The molecule has 0 saturated carbocycles. The molecule has 1 fully saturated rings. The minimum Gasteiger partial charge on any atom is -0.324 e. The lowest BCUT2D eigenvalue weighted by atomic mass is 9.94. The van der Waals surface area contributed by atoms with Crippen LogP contribution in [0.2, 0.25) is 0 Å². The quantitative estimate of drug-likeness (QED) is 0.813. The van der Waals surface area contributed by atoms with Crippen molar-refractivity contribution < 1.29 is 4.79 Å². The third kappa shape index (κ3) is 3.49. The van der Waals surface area contributed by atoms with Gasteiger partial charge in [0.1, 0.15) is 0 Å². The Morgan fingerprint density at radius 1 is 1.30 bits per heavy atom. The summed E-state index contributed by atoms with van der Waals surface area (Å²) in [5.41, 5.74) is 1.82. The van der Waals surface area contributed by atoms with Gasteiger partial charge in [0.05, 0.1) is 11.0 Å². The highest BCUT2D eigenvalue weighted by molar-refractivity contribution is 5.91. The summed E-state index contributed by atoms with van der Waals surface area (Å²) in [5.74, 6) is 1.08. The van der Waals surface area contributed by atoms with Crippen molar-refractivity contribution in [3.63, 3.8) is 0 Å². The number of hydrogen-bond donors (Lipinski definition) is 3. The first-order valence-corrected chi connectivity index (χ1v) is 6.76. The van der Waals surface area contributed by atoms with Crippen molar-refractivity contribution in [1.29, 1.82) is 0 Å². The van der Waals surface area contributed by atoms with E-state index in [0.717, 1.165) is 37.0 Å². The van der Waals surface area contributed by atoms with E-state index in [2.05, 4.69) is 20.6 Å². The molecular weight excluding hydrogens is 276 g/mol. The molecule has 1 aliphatic rings. The lowest BCUT2D eigenvalue weighted by Gasteiger charge is -2.21. The van der Waals surface area contributed by atoms with Crippen LogP contribution in [0.3, 0.4) is 0 Å². The number of aromatic nitrogens is 2. The number of imidazole rings is 1. The average molecular weight is 295 g/mol. The number of carbonyl (C=O) groups excluding carboxylic acids is 1. The van der Waals surface area contributed by atoms with E-state index in [-0.39, 0.29) is 18.3 Å². The number of fused-ring (bicyclic) bond motifs is 1. The molecule has 3 N–H and O–H groups in total. The smallest absolute Gasteiger partial charge is 0.226 e. The molecule has 0 aliphatic carbocycles. The topological polar surface area (TPSA) is 69.8 Å². The van der Waals surface area contributed by atoms with Gasteiger partial charge in [0.25, 0.3) is 0 Å². The minimum atomic E-state index is 0. The van der Waals surface area contributed by atoms with Crippen LogP contribution in [0, 0.1) is 5.92 Å². The summed E-state index contributed by atoms with van der Waals surface area (Å²) < 4.78 is 0. The number of aromatic amines is 1. The second-order valence-electron chi connectivity index (χ2n) is 5.05. The molecular formula is C14H19ClN4O. The fraction of sp³-hybridized carbons (Fsp3) is 0.429. The summed E-state index contributed by atoms with van der Waals surface area (Å²) in [5, 5.41) is 6.16. The first-order valence-electron chi connectivity index (χ1n) is 6.76.